The van der Waals surface area contributed by atoms with Gasteiger partial charge in [-0.2, -0.15) is 0 Å². The second-order valence-corrected chi connectivity index (χ2v) is 2.92. The van der Waals surface area contributed by atoms with Gasteiger partial charge in [-0.25, -0.2) is 0 Å². The summed E-state index contributed by atoms with van der Waals surface area (Å²) < 4.78 is 0. The zero-order valence-electron chi connectivity index (χ0n) is 6.52. The molecule has 0 spiro atoms. The zero-order chi connectivity index (χ0) is 8.43. The molecule has 12 heavy (non-hydrogen) atoms. The molecule has 0 aliphatic carbocycles. The molecule has 0 N–H and O–H groups in total. The smallest absolute Gasteiger partial charge is 0.252 e. The van der Waals surface area contributed by atoms with E-state index in [1.54, 1.807) is 12.1 Å². The van der Waals surface area contributed by atoms with Crippen molar-refractivity contribution in [3.8, 4) is 0 Å². The topological polar surface area (TPSA) is 17.1 Å². The van der Waals surface area contributed by atoms with Gasteiger partial charge in [-0.15, -0.1) is 0 Å². The second-order valence-electron chi connectivity index (χ2n) is 2.57. The number of benzene rings is 1. The lowest BCUT2D eigenvalue weighted by molar-refractivity contribution is 0.108. The molecule has 66 valence electrons. The van der Waals surface area contributed by atoms with Crippen molar-refractivity contribution in [2.75, 3.05) is 0 Å². The van der Waals surface area contributed by atoms with E-state index in [9.17, 15) is 4.79 Å². The number of aryl methyl sites for hydroxylation is 2. The van der Waals surface area contributed by atoms with E-state index in [1.807, 2.05) is 19.9 Å². The van der Waals surface area contributed by atoms with Gasteiger partial charge in [0.25, 0.3) is 5.24 Å². The van der Waals surface area contributed by atoms with Gasteiger partial charge in [0, 0.05) is 5.56 Å². The SMILES string of the molecule is C.Cc1ccc(C(=O)Cl)cc1C. The first kappa shape index (κ1) is 11.2. The lowest BCUT2D eigenvalue weighted by Crippen LogP contribution is -1.90. The van der Waals surface area contributed by atoms with Gasteiger partial charge >= 0.3 is 0 Å². The fraction of sp³-hybridized carbons (Fsp3) is 0.300. The maximum absolute atomic E-state index is 10.7. The van der Waals surface area contributed by atoms with E-state index in [1.165, 1.54) is 5.56 Å². The highest BCUT2D eigenvalue weighted by atomic mass is 35.5. The van der Waals surface area contributed by atoms with E-state index in [2.05, 4.69) is 0 Å². The van der Waals surface area contributed by atoms with Gasteiger partial charge in [-0.05, 0) is 48.7 Å². The Morgan fingerprint density at radius 3 is 2.25 bits per heavy atom. The number of hydrogen-bond donors (Lipinski definition) is 0. The molecule has 2 heteroatoms. The number of carbonyl (C=O) groups is 1. The highest BCUT2D eigenvalue weighted by Gasteiger charge is 2.01. The molecular weight excluding hydrogens is 172 g/mol. The van der Waals surface area contributed by atoms with Crippen molar-refractivity contribution >= 4 is 16.8 Å². The molecular formula is C10H13ClO. The minimum Gasteiger partial charge on any atom is -0.276 e. The molecule has 0 unspecified atom stereocenters. The maximum atomic E-state index is 10.7. The quantitative estimate of drug-likeness (QED) is 0.612. The normalized spacial score (nSPS) is 8.92. The molecule has 1 aromatic rings. The van der Waals surface area contributed by atoms with Crippen LogP contribution in [0.5, 0.6) is 0 Å². The Morgan fingerprint density at radius 2 is 1.83 bits per heavy atom. The standard InChI is InChI=1S/C9H9ClO.CH4/c1-6-3-4-8(9(10)11)5-7(6)2;/h3-5H,1-2H3;1H4. The van der Waals surface area contributed by atoms with Crippen LogP contribution in [0.3, 0.4) is 0 Å². The minimum atomic E-state index is -0.395. The Labute approximate surface area is 78.4 Å². The highest BCUT2D eigenvalue weighted by molar-refractivity contribution is 6.67. The average Bonchev–Trinajstić information content (AvgIpc) is 1.94. The van der Waals surface area contributed by atoms with Crippen LogP contribution in [0.1, 0.15) is 28.9 Å². The molecule has 0 aliphatic heterocycles. The Kier molecular flexibility index (Phi) is 3.98. The van der Waals surface area contributed by atoms with Crippen LogP contribution < -0.4 is 0 Å². The molecule has 1 aromatic carbocycles. The van der Waals surface area contributed by atoms with E-state index >= 15 is 0 Å². The molecule has 1 nitrogen and oxygen atoms in total. The number of carbonyl (C=O) groups excluding carboxylic acids is 1. The van der Waals surface area contributed by atoms with Gasteiger partial charge in [0.05, 0.1) is 0 Å². The van der Waals surface area contributed by atoms with Gasteiger partial charge in [0.2, 0.25) is 0 Å². The van der Waals surface area contributed by atoms with Gasteiger partial charge in [0.15, 0.2) is 0 Å². The van der Waals surface area contributed by atoms with E-state index in [4.69, 9.17) is 11.6 Å². The van der Waals surface area contributed by atoms with Crippen LogP contribution in [0, 0.1) is 13.8 Å². The molecule has 0 atom stereocenters. The number of hydrogen-bond acceptors (Lipinski definition) is 1. The predicted octanol–water partition coefficient (Wildman–Crippen LogP) is 3.32. The Bertz CT molecular complexity index is 292. The summed E-state index contributed by atoms with van der Waals surface area (Å²) in [5, 5.41) is -0.395. The van der Waals surface area contributed by atoms with Crippen molar-refractivity contribution in [2.24, 2.45) is 0 Å². The van der Waals surface area contributed by atoms with Crippen LogP contribution in [0.4, 0.5) is 0 Å². The summed E-state index contributed by atoms with van der Waals surface area (Å²) in [6.07, 6.45) is 0. The van der Waals surface area contributed by atoms with Crippen LogP contribution in [-0.4, -0.2) is 5.24 Å². The summed E-state index contributed by atoms with van der Waals surface area (Å²) in [6.45, 7) is 3.95. The molecule has 0 bridgehead atoms. The summed E-state index contributed by atoms with van der Waals surface area (Å²) in [4.78, 5) is 10.7. The Hall–Kier alpha value is -0.820. The molecule has 0 heterocycles. The highest BCUT2D eigenvalue weighted by Crippen LogP contribution is 2.11. The van der Waals surface area contributed by atoms with Gasteiger partial charge in [0.1, 0.15) is 0 Å². The van der Waals surface area contributed by atoms with E-state index in [0.29, 0.717) is 5.56 Å². The number of halogens is 1. The molecule has 0 aromatic heterocycles. The summed E-state index contributed by atoms with van der Waals surface area (Å²) in [7, 11) is 0. The van der Waals surface area contributed by atoms with Crippen molar-refractivity contribution in [3.63, 3.8) is 0 Å². The first-order chi connectivity index (χ1) is 5.11. The lowest BCUT2D eigenvalue weighted by Gasteiger charge is -1.99. The van der Waals surface area contributed by atoms with Crippen molar-refractivity contribution in [1.82, 2.24) is 0 Å². The first-order valence-electron chi connectivity index (χ1n) is 3.38. The van der Waals surface area contributed by atoms with Gasteiger partial charge in [-0.1, -0.05) is 13.5 Å². The number of rotatable bonds is 1. The third-order valence-electron chi connectivity index (χ3n) is 1.73. The van der Waals surface area contributed by atoms with Crippen LogP contribution in [0.25, 0.3) is 0 Å². The fourth-order valence-electron chi connectivity index (χ4n) is 0.864. The molecule has 0 saturated carbocycles. The average molecular weight is 185 g/mol. The molecule has 0 saturated heterocycles. The Balaban J connectivity index is 0.00000121. The molecule has 0 radical (unpaired) electrons. The van der Waals surface area contributed by atoms with Crippen LogP contribution in [0.2, 0.25) is 0 Å². The summed E-state index contributed by atoms with van der Waals surface area (Å²) >= 11 is 5.29. The molecule has 0 aliphatic rings. The van der Waals surface area contributed by atoms with E-state index < -0.39 is 5.24 Å². The molecule has 0 fully saturated rings. The van der Waals surface area contributed by atoms with Crippen LogP contribution in [-0.2, 0) is 0 Å². The van der Waals surface area contributed by atoms with Crippen molar-refractivity contribution in [1.29, 1.82) is 0 Å². The largest absolute Gasteiger partial charge is 0.276 e. The third-order valence-corrected chi connectivity index (χ3v) is 1.95. The molecule has 1 rings (SSSR count). The zero-order valence-corrected chi connectivity index (χ0v) is 7.27. The molecule has 0 amide bonds. The van der Waals surface area contributed by atoms with Crippen molar-refractivity contribution in [3.05, 3.63) is 34.9 Å². The van der Waals surface area contributed by atoms with Crippen LogP contribution >= 0.6 is 11.6 Å². The fourth-order valence-corrected chi connectivity index (χ4v) is 0.981. The van der Waals surface area contributed by atoms with E-state index in [0.717, 1.165) is 5.56 Å². The van der Waals surface area contributed by atoms with E-state index in [-0.39, 0.29) is 7.43 Å². The predicted molar refractivity (Wildman–Crippen MR) is 52.8 cm³/mol. The first-order valence-corrected chi connectivity index (χ1v) is 3.76. The van der Waals surface area contributed by atoms with Gasteiger partial charge in [-0.3, -0.25) is 4.79 Å². The summed E-state index contributed by atoms with van der Waals surface area (Å²) in [5.41, 5.74) is 2.83. The van der Waals surface area contributed by atoms with Crippen molar-refractivity contribution in [2.45, 2.75) is 21.3 Å². The minimum absolute atomic E-state index is 0. The summed E-state index contributed by atoms with van der Waals surface area (Å²) in [6, 6.07) is 5.42. The van der Waals surface area contributed by atoms with Crippen molar-refractivity contribution < 1.29 is 4.79 Å². The maximum Gasteiger partial charge on any atom is 0.252 e. The summed E-state index contributed by atoms with van der Waals surface area (Å²) in [5.74, 6) is 0. The third kappa shape index (κ3) is 2.35. The second kappa shape index (κ2) is 4.27. The lowest BCUT2D eigenvalue weighted by atomic mass is 10.1. The monoisotopic (exact) mass is 184 g/mol. The van der Waals surface area contributed by atoms with Gasteiger partial charge < -0.3 is 0 Å². The van der Waals surface area contributed by atoms with Crippen LogP contribution in [0.15, 0.2) is 18.2 Å². The Morgan fingerprint density at radius 1 is 1.25 bits per heavy atom.